The second-order valence-corrected chi connectivity index (χ2v) is 3.22. The van der Waals surface area contributed by atoms with Crippen molar-refractivity contribution in [1.29, 1.82) is 0 Å². The van der Waals surface area contributed by atoms with Crippen LogP contribution in [0, 0.1) is 6.42 Å². The van der Waals surface area contributed by atoms with Gasteiger partial charge in [0.25, 0.3) is 0 Å². The van der Waals surface area contributed by atoms with Gasteiger partial charge in [-0.1, -0.05) is 39.5 Å². The molecule has 13 heavy (non-hydrogen) atoms. The zero-order valence-corrected chi connectivity index (χ0v) is 8.84. The Morgan fingerprint density at radius 1 is 1.15 bits per heavy atom. The minimum Gasteiger partial charge on any atom is -0.465 e. The van der Waals surface area contributed by atoms with Crippen molar-refractivity contribution >= 4 is 5.97 Å². The van der Waals surface area contributed by atoms with Crippen LogP contribution in [0.3, 0.4) is 0 Å². The van der Waals surface area contributed by atoms with E-state index in [2.05, 4.69) is 6.92 Å². The van der Waals surface area contributed by atoms with E-state index in [1.165, 1.54) is 12.8 Å². The van der Waals surface area contributed by atoms with Crippen LogP contribution in [0.25, 0.3) is 0 Å². The quantitative estimate of drug-likeness (QED) is 0.429. The summed E-state index contributed by atoms with van der Waals surface area (Å²) in [4.78, 5) is 11.0. The Labute approximate surface area is 81.7 Å². The summed E-state index contributed by atoms with van der Waals surface area (Å²) in [5, 5.41) is 0. The van der Waals surface area contributed by atoms with Crippen LogP contribution < -0.4 is 0 Å². The van der Waals surface area contributed by atoms with Gasteiger partial charge in [-0.3, -0.25) is 4.79 Å². The zero-order valence-electron chi connectivity index (χ0n) is 8.84. The van der Waals surface area contributed by atoms with Crippen molar-refractivity contribution in [3.8, 4) is 0 Å². The predicted octanol–water partition coefficient (Wildman–Crippen LogP) is 3.11. The van der Waals surface area contributed by atoms with Crippen LogP contribution in [-0.2, 0) is 9.53 Å². The first-order valence-corrected chi connectivity index (χ1v) is 5.31. The molecule has 0 rings (SSSR count). The number of esters is 1. The highest BCUT2D eigenvalue weighted by atomic mass is 16.5. The van der Waals surface area contributed by atoms with Gasteiger partial charge in [0.15, 0.2) is 0 Å². The summed E-state index contributed by atoms with van der Waals surface area (Å²) in [5.41, 5.74) is 0. The van der Waals surface area contributed by atoms with E-state index in [4.69, 9.17) is 4.74 Å². The monoisotopic (exact) mass is 185 g/mol. The Bertz CT molecular complexity index is 121. The molecule has 2 heteroatoms. The standard InChI is InChI=1S/C11H21O2/c1-3-5-7-8-10-13-11(12)9-6-4-2/h9H,3-8,10H2,1-2H3. The Morgan fingerprint density at radius 3 is 2.54 bits per heavy atom. The van der Waals surface area contributed by atoms with E-state index in [9.17, 15) is 4.79 Å². The normalized spacial score (nSPS) is 10.0. The van der Waals surface area contributed by atoms with Gasteiger partial charge in [-0.25, -0.2) is 0 Å². The van der Waals surface area contributed by atoms with Crippen molar-refractivity contribution in [3.05, 3.63) is 6.42 Å². The molecule has 0 unspecified atom stereocenters. The first-order chi connectivity index (χ1) is 6.31. The summed E-state index contributed by atoms with van der Waals surface area (Å²) in [5.74, 6) is -0.154. The first kappa shape index (κ1) is 12.5. The van der Waals surface area contributed by atoms with E-state index < -0.39 is 0 Å². The topological polar surface area (TPSA) is 26.3 Å². The lowest BCUT2D eigenvalue weighted by molar-refractivity contribution is -0.139. The minimum atomic E-state index is -0.154. The summed E-state index contributed by atoms with van der Waals surface area (Å²) in [7, 11) is 0. The van der Waals surface area contributed by atoms with E-state index in [1.807, 2.05) is 6.92 Å². The highest BCUT2D eigenvalue weighted by molar-refractivity contribution is 5.78. The number of carbonyl (C=O) groups excluding carboxylic acids is 1. The van der Waals surface area contributed by atoms with Gasteiger partial charge in [0.2, 0.25) is 0 Å². The Balaban J connectivity index is 3.08. The molecule has 0 atom stereocenters. The molecule has 0 aromatic carbocycles. The van der Waals surface area contributed by atoms with E-state index in [0.29, 0.717) is 6.61 Å². The van der Waals surface area contributed by atoms with Crippen LogP contribution in [0.15, 0.2) is 0 Å². The lowest BCUT2D eigenvalue weighted by atomic mass is 10.2. The molecule has 0 heterocycles. The summed E-state index contributed by atoms with van der Waals surface area (Å²) in [6.45, 7) is 4.80. The van der Waals surface area contributed by atoms with Crippen LogP contribution >= 0.6 is 0 Å². The molecule has 0 aliphatic rings. The Hall–Kier alpha value is -0.530. The number of hydrogen-bond acceptors (Lipinski definition) is 2. The van der Waals surface area contributed by atoms with Crippen molar-refractivity contribution in [2.24, 2.45) is 0 Å². The number of ether oxygens (including phenoxy) is 1. The molecule has 1 radical (unpaired) electrons. The molecule has 0 aromatic rings. The third kappa shape index (κ3) is 9.38. The molecule has 77 valence electrons. The van der Waals surface area contributed by atoms with Gasteiger partial charge >= 0.3 is 5.97 Å². The fraction of sp³-hybridized carbons (Fsp3) is 0.818. The summed E-state index contributed by atoms with van der Waals surface area (Å²) >= 11 is 0. The third-order valence-electron chi connectivity index (χ3n) is 1.84. The van der Waals surface area contributed by atoms with Gasteiger partial charge in [0.05, 0.1) is 13.0 Å². The molecule has 0 amide bonds. The minimum absolute atomic E-state index is 0.154. The van der Waals surface area contributed by atoms with Gasteiger partial charge in [-0.05, 0) is 12.8 Å². The smallest absolute Gasteiger partial charge is 0.309 e. The van der Waals surface area contributed by atoms with Crippen LogP contribution in [-0.4, -0.2) is 12.6 Å². The van der Waals surface area contributed by atoms with Crippen LogP contribution in [0.1, 0.15) is 52.4 Å². The molecule has 0 aromatic heterocycles. The number of rotatable bonds is 8. The lowest BCUT2D eigenvalue weighted by Crippen LogP contribution is -2.06. The Morgan fingerprint density at radius 2 is 1.92 bits per heavy atom. The average molecular weight is 185 g/mol. The number of unbranched alkanes of at least 4 members (excludes halogenated alkanes) is 4. The zero-order chi connectivity index (χ0) is 9.94. The Kier molecular flexibility index (Phi) is 9.17. The molecule has 0 fully saturated rings. The maximum atomic E-state index is 11.0. The average Bonchev–Trinajstić information content (AvgIpc) is 2.14. The number of carbonyl (C=O) groups is 1. The molecule has 0 aliphatic heterocycles. The summed E-state index contributed by atoms with van der Waals surface area (Å²) < 4.78 is 5.00. The van der Waals surface area contributed by atoms with Crippen LogP contribution in [0.2, 0.25) is 0 Å². The van der Waals surface area contributed by atoms with Crippen molar-refractivity contribution in [2.75, 3.05) is 6.61 Å². The second kappa shape index (κ2) is 9.56. The highest BCUT2D eigenvalue weighted by Crippen LogP contribution is 2.00. The SMILES string of the molecule is CCC[CH]C(=O)OCCCCCC. The maximum absolute atomic E-state index is 11.0. The van der Waals surface area contributed by atoms with Gasteiger partial charge in [0, 0.05) is 0 Å². The van der Waals surface area contributed by atoms with Crippen molar-refractivity contribution < 1.29 is 9.53 Å². The lowest BCUT2D eigenvalue weighted by Gasteiger charge is -2.02. The summed E-state index contributed by atoms with van der Waals surface area (Å²) in [6.07, 6.45) is 8.07. The van der Waals surface area contributed by atoms with Crippen molar-refractivity contribution in [3.63, 3.8) is 0 Å². The fourth-order valence-electron chi connectivity index (χ4n) is 1.02. The van der Waals surface area contributed by atoms with Crippen molar-refractivity contribution in [1.82, 2.24) is 0 Å². The molecule has 0 aliphatic carbocycles. The van der Waals surface area contributed by atoms with Crippen LogP contribution in [0.5, 0.6) is 0 Å². The van der Waals surface area contributed by atoms with Crippen molar-refractivity contribution in [2.45, 2.75) is 52.4 Å². The third-order valence-corrected chi connectivity index (χ3v) is 1.84. The van der Waals surface area contributed by atoms with Gasteiger partial charge in [0.1, 0.15) is 0 Å². The molecule has 0 saturated carbocycles. The number of hydrogen-bond donors (Lipinski definition) is 0. The molecule has 0 spiro atoms. The molecular weight excluding hydrogens is 164 g/mol. The first-order valence-electron chi connectivity index (χ1n) is 5.31. The summed E-state index contributed by atoms with van der Waals surface area (Å²) in [6, 6.07) is 0. The van der Waals surface area contributed by atoms with E-state index in [0.717, 1.165) is 25.7 Å². The second-order valence-electron chi connectivity index (χ2n) is 3.22. The highest BCUT2D eigenvalue weighted by Gasteiger charge is 2.00. The largest absolute Gasteiger partial charge is 0.465 e. The van der Waals surface area contributed by atoms with Gasteiger partial charge in [-0.2, -0.15) is 0 Å². The maximum Gasteiger partial charge on any atom is 0.309 e. The van der Waals surface area contributed by atoms with E-state index >= 15 is 0 Å². The molecule has 2 nitrogen and oxygen atoms in total. The molecule has 0 bridgehead atoms. The molecule has 0 saturated heterocycles. The molecule has 0 N–H and O–H groups in total. The van der Waals surface area contributed by atoms with Gasteiger partial charge in [-0.15, -0.1) is 0 Å². The fourth-order valence-corrected chi connectivity index (χ4v) is 1.02. The molecular formula is C11H21O2. The predicted molar refractivity (Wildman–Crippen MR) is 54.3 cm³/mol. The van der Waals surface area contributed by atoms with E-state index in [-0.39, 0.29) is 5.97 Å². The van der Waals surface area contributed by atoms with Gasteiger partial charge < -0.3 is 4.74 Å². The van der Waals surface area contributed by atoms with E-state index in [1.54, 1.807) is 6.42 Å². The van der Waals surface area contributed by atoms with Crippen LogP contribution in [0.4, 0.5) is 0 Å².